The molecule has 2 aliphatic rings. The van der Waals surface area contributed by atoms with E-state index in [1.165, 1.54) is 4.57 Å². The van der Waals surface area contributed by atoms with E-state index < -0.39 is 11.2 Å². The first-order valence-corrected chi connectivity index (χ1v) is 9.83. The standard InChI is InChI=1S/C23H20N4O4/c1-2-31-18-10-8-16(9-11-18)20(28)15-26-13-5-7-19-21(26)25-23(30)27(22(19)29)14-17-6-3-4-12-24-17/h3-13H,2,14-15H2,1H3. The number of fused-ring (bicyclic) bond motifs is 1. The molecule has 0 saturated heterocycles. The lowest BCUT2D eigenvalue weighted by atomic mass is 10.1. The monoisotopic (exact) mass is 416 g/mol. The van der Waals surface area contributed by atoms with Crippen molar-refractivity contribution in [2.45, 2.75) is 20.0 Å². The highest BCUT2D eigenvalue weighted by Gasteiger charge is 2.19. The van der Waals surface area contributed by atoms with E-state index in [1.807, 2.05) is 6.92 Å². The normalized spacial score (nSPS) is 10.9. The van der Waals surface area contributed by atoms with Crippen LogP contribution in [0.15, 0.2) is 76.6 Å². The molecule has 3 heterocycles. The molecule has 0 radical (unpaired) electrons. The topological polar surface area (TPSA) is 96.1 Å². The maximum absolute atomic E-state index is 12.9. The summed E-state index contributed by atoms with van der Waals surface area (Å²) in [6.45, 7) is 2.40. The number of ketones is 1. The van der Waals surface area contributed by atoms with Crippen molar-refractivity contribution < 1.29 is 9.53 Å². The van der Waals surface area contributed by atoms with Crippen molar-refractivity contribution in [3.63, 3.8) is 0 Å². The van der Waals surface area contributed by atoms with Gasteiger partial charge in [0.25, 0.3) is 5.56 Å². The third-order valence-corrected chi connectivity index (χ3v) is 4.80. The average Bonchev–Trinajstić information content (AvgIpc) is 2.78. The van der Waals surface area contributed by atoms with Gasteiger partial charge in [0.15, 0.2) is 11.6 Å². The molecule has 8 nitrogen and oxygen atoms in total. The summed E-state index contributed by atoms with van der Waals surface area (Å²) in [4.78, 5) is 46.5. The summed E-state index contributed by atoms with van der Waals surface area (Å²) in [6, 6.07) is 15.4. The Morgan fingerprint density at radius 2 is 1.84 bits per heavy atom. The number of hydrogen-bond acceptors (Lipinski definition) is 6. The van der Waals surface area contributed by atoms with E-state index in [9.17, 15) is 14.4 Å². The van der Waals surface area contributed by atoms with E-state index in [1.54, 1.807) is 67.0 Å². The van der Waals surface area contributed by atoms with Gasteiger partial charge in [0, 0.05) is 18.0 Å². The van der Waals surface area contributed by atoms with Crippen LogP contribution in [0.5, 0.6) is 5.75 Å². The minimum absolute atomic E-state index is 0.0292. The number of ether oxygens (including phenoxy) is 1. The maximum atomic E-state index is 12.9. The zero-order chi connectivity index (χ0) is 21.8. The summed E-state index contributed by atoms with van der Waals surface area (Å²) in [7, 11) is 0. The minimum atomic E-state index is -0.684. The van der Waals surface area contributed by atoms with Gasteiger partial charge in [-0.05, 0) is 55.5 Å². The largest absolute Gasteiger partial charge is 0.494 e. The van der Waals surface area contributed by atoms with Crippen LogP contribution in [0.1, 0.15) is 23.0 Å². The Labute approximate surface area is 177 Å². The van der Waals surface area contributed by atoms with Crippen LogP contribution in [0.25, 0.3) is 11.4 Å². The first kappa shape index (κ1) is 20.2. The number of hydrogen-bond donors (Lipinski definition) is 0. The third kappa shape index (κ3) is 4.28. The van der Waals surface area contributed by atoms with Gasteiger partial charge >= 0.3 is 5.69 Å². The first-order valence-electron chi connectivity index (χ1n) is 9.83. The Kier molecular flexibility index (Phi) is 5.70. The number of carbonyl (C=O) groups excluding carboxylic acids is 1. The van der Waals surface area contributed by atoms with Gasteiger partial charge in [-0.1, -0.05) is 6.07 Å². The SMILES string of the molecule is CCOc1ccc(C(=O)Cn2cccc3c(=O)n(Cc4ccccn4)c(=O)nc2-3)cc1. The molecule has 8 heteroatoms. The number of carbonyl (C=O) groups is 1. The molecular weight excluding hydrogens is 396 g/mol. The van der Waals surface area contributed by atoms with Crippen molar-refractivity contribution in [2.24, 2.45) is 0 Å². The minimum Gasteiger partial charge on any atom is -0.494 e. The van der Waals surface area contributed by atoms with E-state index in [4.69, 9.17) is 4.74 Å². The highest BCUT2D eigenvalue weighted by Crippen LogP contribution is 2.16. The second-order valence-corrected chi connectivity index (χ2v) is 6.86. The van der Waals surface area contributed by atoms with Gasteiger partial charge in [0.2, 0.25) is 0 Å². The molecule has 0 unspecified atom stereocenters. The number of Topliss-reactive ketones (excluding diaryl/α,β-unsaturated/α-hetero) is 1. The Morgan fingerprint density at radius 1 is 1.03 bits per heavy atom. The Hall–Kier alpha value is -4.07. The molecule has 2 aliphatic heterocycles. The van der Waals surface area contributed by atoms with Gasteiger partial charge < -0.3 is 9.30 Å². The third-order valence-electron chi connectivity index (χ3n) is 4.80. The van der Waals surface area contributed by atoms with Gasteiger partial charge in [0.1, 0.15) is 5.75 Å². The lowest BCUT2D eigenvalue weighted by Crippen LogP contribution is -2.38. The van der Waals surface area contributed by atoms with Crippen molar-refractivity contribution >= 4 is 5.78 Å². The van der Waals surface area contributed by atoms with Crippen LogP contribution < -0.4 is 16.0 Å². The van der Waals surface area contributed by atoms with Crippen LogP contribution in [0.3, 0.4) is 0 Å². The Morgan fingerprint density at radius 3 is 2.55 bits per heavy atom. The van der Waals surface area contributed by atoms with Crippen molar-refractivity contribution in [3.05, 3.63) is 99.1 Å². The fraction of sp³-hybridized carbons (Fsp3) is 0.174. The van der Waals surface area contributed by atoms with Gasteiger partial charge in [-0.3, -0.25) is 19.1 Å². The molecule has 0 spiro atoms. The summed E-state index contributed by atoms with van der Waals surface area (Å²) >= 11 is 0. The van der Waals surface area contributed by atoms with E-state index >= 15 is 0 Å². The summed E-state index contributed by atoms with van der Waals surface area (Å²) in [5.74, 6) is 0.685. The number of benzene rings is 1. The number of rotatable bonds is 7. The Balaban J connectivity index is 1.65. The molecule has 0 saturated carbocycles. The number of pyridine rings is 2. The molecule has 1 aromatic carbocycles. The summed E-state index contributed by atoms with van der Waals surface area (Å²) in [5.41, 5.74) is 0.189. The van der Waals surface area contributed by atoms with Crippen molar-refractivity contribution in [2.75, 3.05) is 6.61 Å². The molecule has 0 aliphatic carbocycles. The van der Waals surface area contributed by atoms with Gasteiger partial charge in [-0.15, -0.1) is 0 Å². The predicted molar refractivity (Wildman–Crippen MR) is 115 cm³/mol. The molecule has 4 rings (SSSR count). The summed E-state index contributed by atoms with van der Waals surface area (Å²) < 4.78 is 7.95. The van der Waals surface area contributed by atoms with Crippen molar-refractivity contribution in [3.8, 4) is 17.1 Å². The molecule has 31 heavy (non-hydrogen) atoms. The number of aromatic nitrogens is 4. The summed E-state index contributed by atoms with van der Waals surface area (Å²) in [6.07, 6.45) is 3.23. The maximum Gasteiger partial charge on any atom is 0.352 e. The average molecular weight is 416 g/mol. The highest BCUT2D eigenvalue weighted by atomic mass is 16.5. The first-order chi connectivity index (χ1) is 15.1. The van der Waals surface area contributed by atoms with E-state index in [0.717, 1.165) is 4.57 Å². The molecule has 0 bridgehead atoms. The van der Waals surface area contributed by atoms with Crippen LogP contribution in [-0.2, 0) is 13.1 Å². The zero-order valence-electron chi connectivity index (χ0n) is 16.9. The van der Waals surface area contributed by atoms with Crippen molar-refractivity contribution in [1.82, 2.24) is 19.1 Å². The lowest BCUT2D eigenvalue weighted by molar-refractivity contribution is 0.0972. The van der Waals surface area contributed by atoms with Crippen LogP contribution in [0.2, 0.25) is 0 Å². The molecule has 0 fully saturated rings. The molecule has 0 N–H and O–H groups in total. The van der Waals surface area contributed by atoms with E-state index in [2.05, 4.69) is 9.97 Å². The quantitative estimate of drug-likeness (QED) is 0.429. The van der Waals surface area contributed by atoms with Crippen LogP contribution >= 0.6 is 0 Å². The smallest absolute Gasteiger partial charge is 0.352 e. The molecule has 2 aromatic rings. The fourth-order valence-corrected chi connectivity index (χ4v) is 3.29. The number of nitrogens with zero attached hydrogens (tertiary/aromatic N) is 4. The van der Waals surface area contributed by atoms with E-state index in [0.29, 0.717) is 23.6 Å². The predicted octanol–water partition coefficient (Wildman–Crippen LogP) is 2.23. The lowest BCUT2D eigenvalue weighted by Gasteiger charge is -2.14. The molecule has 0 atom stereocenters. The molecular formula is C23H20N4O4. The fourth-order valence-electron chi connectivity index (χ4n) is 3.29. The van der Waals surface area contributed by atoms with Crippen LogP contribution in [0, 0.1) is 0 Å². The summed E-state index contributed by atoms with van der Waals surface area (Å²) in [5, 5.41) is 0. The second-order valence-electron chi connectivity index (χ2n) is 6.86. The van der Waals surface area contributed by atoms with Crippen molar-refractivity contribution in [1.29, 1.82) is 0 Å². The van der Waals surface area contributed by atoms with Gasteiger partial charge in [-0.2, -0.15) is 4.98 Å². The molecule has 0 amide bonds. The van der Waals surface area contributed by atoms with E-state index in [-0.39, 0.29) is 30.3 Å². The van der Waals surface area contributed by atoms with Gasteiger partial charge in [0.05, 0.1) is 31.0 Å². The highest BCUT2D eigenvalue weighted by molar-refractivity contribution is 5.96. The zero-order valence-corrected chi connectivity index (χ0v) is 16.9. The Bertz CT molecular complexity index is 1290. The molecule has 1 aromatic heterocycles. The second kappa shape index (κ2) is 8.74. The van der Waals surface area contributed by atoms with Crippen LogP contribution in [0.4, 0.5) is 0 Å². The molecule has 156 valence electrons. The van der Waals surface area contributed by atoms with Gasteiger partial charge in [-0.25, -0.2) is 4.79 Å². The van der Waals surface area contributed by atoms with Crippen LogP contribution in [-0.4, -0.2) is 31.5 Å².